The molecule has 0 bridgehead atoms. The second-order valence-corrected chi connectivity index (χ2v) is 6.98. The first-order chi connectivity index (χ1) is 9.32. The lowest BCUT2D eigenvalue weighted by molar-refractivity contribution is -0.384. The molecule has 7 nitrogen and oxygen atoms in total. The van der Waals surface area contributed by atoms with Gasteiger partial charge in [0.25, 0.3) is 5.69 Å². The third kappa shape index (κ3) is 2.82. The highest BCUT2D eigenvalue weighted by molar-refractivity contribution is 7.89. The average molecular weight is 299 g/mol. The molecule has 20 heavy (non-hydrogen) atoms. The molecule has 1 aromatic carbocycles. The normalized spacial score (nSPS) is 24.5. The first-order valence-corrected chi connectivity index (χ1v) is 7.76. The summed E-state index contributed by atoms with van der Waals surface area (Å²) >= 11 is 0. The fourth-order valence-electron chi connectivity index (χ4n) is 2.23. The minimum absolute atomic E-state index is 0.0123. The SMILES string of the molecule is CC1CN(S(=O)(=O)c2ccc([N+](=O)[O-])cc2)CCC1N. The molecule has 8 heteroatoms. The number of nitro groups is 1. The van der Waals surface area contributed by atoms with E-state index >= 15 is 0 Å². The van der Waals surface area contributed by atoms with Crippen LogP contribution in [0.2, 0.25) is 0 Å². The summed E-state index contributed by atoms with van der Waals surface area (Å²) in [4.78, 5) is 10.1. The summed E-state index contributed by atoms with van der Waals surface area (Å²) in [6.45, 7) is 2.67. The van der Waals surface area contributed by atoms with Gasteiger partial charge in [-0.25, -0.2) is 8.42 Å². The minimum atomic E-state index is -3.61. The average Bonchev–Trinajstić information content (AvgIpc) is 2.41. The molecule has 0 aromatic heterocycles. The summed E-state index contributed by atoms with van der Waals surface area (Å²) in [5.74, 6) is 0.0940. The number of sulfonamides is 1. The monoisotopic (exact) mass is 299 g/mol. The van der Waals surface area contributed by atoms with Gasteiger partial charge in [-0.3, -0.25) is 10.1 Å². The maximum Gasteiger partial charge on any atom is 0.269 e. The van der Waals surface area contributed by atoms with Gasteiger partial charge in [-0.05, 0) is 24.5 Å². The number of rotatable bonds is 3. The first kappa shape index (κ1) is 14.9. The van der Waals surface area contributed by atoms with Crippen molar-refractivity contribution in [2.24, 2.45) is 11.7 Å². The molecule has 2 N–H and O–H groups in total. The van der Waals surface area contributed by atoms with Gasteiger partial charge in [-0.1, -0.05) is 6.92 Å². The van der Waals surface area contributed by atoms with E-state index in [1.807, 2.05) is 6.92 Å². The molecular weight excluding hydrogens is 282 g/mol. The maximum absolute atomic E-state index is 12.4. The van der Waals surface area contributed by atoms with Crippen molar-refractivity contribution in [2.75, 3.05) is 13.1 Å². The van der Waals surface area contributed by atoms with Crippen LogP contribution in [0.25, 0.3) is 0 Å². The predicted octanol–water partition coefficient (Wildman–Crippen LogP) is 0.953. The van der Waals surface area contributed by atoms with Crippen LogP contribution in [0, 0.1) is 16.0 Å². The van der Waals surface area contributed by atoms with E-state index in [4.69, 9.17) is 5.73 Å². The van der Waals surface area contributed by atoms with Crippen molar-refractivity contribution >= 4 is 15.7 Å². The molecule has 0 amide bonds. The fraction of sp³-hybridized carbons (Fsp3) is 0.500. The molecule has 1 heterocycles. The molecule has 2 rings (SSSR count). The summed E-state index contributed by atoms with van der Waals surface area (Å²) in [5, 5.41) is 10.6. The van der Waals surface area contributed by atoms with Gasteiger partial charge >= 0.3 is 0 Å². The standard InChI is InChI=1S/C12H17N3O4S/c1-9-8-14(7-6-12(9)13)20(18,19)11-4-2-10(3-5-11)15(16)17/h2-5,9,12H,6-8,13H2,1H3. The van der Waals surface area contributed by atoms with Gasteiger partial charge in [0.15, 0.2) is 0 Å². The Morgan fingerprint density at radius 1 is 1.35 bits per heavy atom. The van der Waals surface area contributed by atoms with Gasteiger partial charge in [-0.15, -0.1) is 0 Å². The molecule has 2 atom stereocenters. The van der Waals surface area contributed by atoms with Crippen molar-refractivity contribution in [3.8, 4) is 0 Å². The van der Waals surface area contributed by atoms with Crippen LogP contribution in [0.1, 0.15) is 13.3 Å². The van der Waals surface area contributed by atoms with E-state index < -0.39 is 14.9 Å². The molecule has 0 aliphatic carbocycles. The molecule has 2 unspecified atom stereocenters. The highest BCUT2D eigenvalue weighted by Crippen LogP contribution is 2.24. The molecule has 1 aliphatic heterocycles. The zero-order chi connectivity index (χ0) is 14.9. The Hall–Kier alpha value is -1.51. The highest BCUT2D eigenvalue weighted by atomic mass is 32.2. The molecule has 1 aromatic rings. The second kappa shape index (κ2) is 5.47. The lowest BCUT2D eigenvalue weighted by Crippen LogP contribution is -2.48. The van der Waals surface area contributed by atoms with Crippen LogP contribution in [0.15, 0.2) is 29.2 Å². The molecule has 0 saturated carbocycles. The number of non-ortho nitro benzene ring substituents is 1. The van der Waals surface area contributed by atoms with Gasteiger partial charge in [0.2, 0.25) is 10.0 Å². The third-order valence-electron chi connectivity index (χ3n) is 3.62. The number of benzene rings is 1. The van der Waals surface area contributed by atoms with E-state index in [1.165, 1.54) is 28.6 Å². The van der Waals surface area contributed by atoms with Crippen molar-refractivity contribution in [2.45, 2.75) is 24.3 Å². The van der Waals surface area contributed by atoms with Crippen LogP contribution < -0.4 is 5.73 Å². The molecule has 0 spiro atoms. The van der Waals surface area contributed by atoms with Crippen molar-refractivity contribution in [1.82, 2.24) is 4.31 Å². The highest BCUT2D eigenvalue weighted by Gasteiger charge is 2.32. The van der Waals surface area contributed by atoms with Gasteiger partial charge < -0.3 is 5.73 Å². The summed E-state index contributed by atoms with van der Waals surface area (Å²) in [6.07, 6.45) is 0.618. The summed E-state index contributed by atoms with van der Waals surface area (Å²) < 4.78 is 26.3. The maximum atomic E-state index is 12.4. The number of piperidine rings is 1. The number of nitrogens with two attached hydrogens (primary N) is 1. The third-order valence-corrected chi connectivity index (χ3v) is 5.50. The summed E-state index contributed by atoms with van der Waals surface area (Å²) in [7, 11) is -3.61. The summed E-state index contributed by atoms with van der Waals surface area (Å²) in [5.41, 5.74) is 5.75. The quantitative estimate of drug-likeness (QED) is 0.660. The molecular formula is C12H17N3O4S. The smallest absolute Gasteiger partial charge is 0.269 e. The number of hydrogen-bond donors (Lipinski definition) is 1. The zero-order valence-electron chi connectivity index (χ0n) is 11.1. The molecule has 110 valence electrons. The Kier molecular flexibility index (Phi) is 4.07. The molecule has 1 saturated heterocycles. The van der Waals surface area contributed by atoms with E-state index in [0.29, 0.717) is 19.5 Å². The molecule has 1 aliphatic rings. The number of nitrogens with zero attached hydrogens (tertiary/aromatic N) is 2. The predicted molar refractivity (Wildman–Crippen MR) is 73.6 cm³/mol. The summed E-state index contributed by atoms with van der Waals surface area (Å²) in [6, 6.07) is 4.95. The Morgan fingerprint density at radius 3 is 2.45 bits per heavy atom. The van der Waals surface area contributed by atoms with Crippen molar-refractivity contribution in [3.05, 3.63) is 34.4 Å². The Labute approximate surface area is 117 Å². The van der Waals surface area contributed by atoms with Gasteiger partial charge in [0, 0.05) is 31.3 Å². The lowest BCUT2D eigenvalue weighted by Gasteiger charge is -2.34. The second-order valence-electron chi connectivity index (χ2n) is 5.04. The van der Waals surface area contributed by atoms with Crippen LogP contribution in [0.4, 0.5) is 5.69 Å². The van der Waals surface area contributed by atoms with Crippen molar-refractivity contribution in [1.29, 1.82) is 0 Å². The van der Waals surface area contributed by atoms with E-state index in [0.717, 1.165) is 0 Å². The Bertz CT molecular complexity index is 600. The molecule has 1 fully saturated rings. The van der Waals surface area contributed by atoms with E-state index in [-0.39, 0.29) is 22.5 Å². The van der Waals surface area contributed by atoms with E-state index in [2.05, 4.69) is 0 Å². The largest absolute Gasteiger partial charge is 0.327 e. The van der Waals surface area contributed by atoms with Crippen LogP contribution in [0.3, 0.4) is 0 Å². The zero-order valence-corrected chi connectivity index (χ0v) is 11.9. The fourth-order valence-corrected chi connectivity index (χ4v) is 3.79. The van der Waals surface area contributed by atoms with Crippen LogP contribution in [-0.2, 0) is 10.0 Å². The van der Waals surface area contributed by atoms with Crippen LogP contribution in [-0.4, -0.2) is 36.8 Å². The van der Waals surface area contributed by atoms with Crippen molar-refractivity contribution < 1.29 is 13.3 Å². The van der Waals surface area contributed by atoms with Crippen LogP contribution in [0.5, 0.6) is 0 Å². The Morgan fingerprint density at radius 2 is 1.95 bits per heavy atom. The number of hydrogen-bond acceptors (Lipinski definition) is 5. The Balaban J connectivity index is 2.24. The molecule has 0 radical (unpaired) electrons. The topological polar surface area (TPSA) is 107 Å². The first-order valence-electron chi connectivity index (χ1n) is 6.32. The van der Waals surface area contributed by atoms with Gasteiger partial charge in [-0.2, -0.15) is 4.31 Å². The minimum Gasteiger partial charge on any atom is -0.327 e. The van der Waals surface area contributed by atoms with Gasteiger partial charge in [0.1, 0.15) is 0 Å². The number of nitro benzene ring substituents is 1. The van der Waals surface area contributed by atoms with Crippen molar-refractivity contribution in [3.63, 3.8) is 0 Å². The van der Waals surface area contributed by atoms with E-state index in [9.17, 15) is 18.5 Å². The van der Waals surface area contributed by atoms with Gasteiger partial charge in [0.05, 0.1) is 9.82 Å². The van der Waals surface area contributed by atoms with Crippen LogP contribution >= 0.6 is 0 Å². The van der Waals surface area contributed by atoms with E-state index in [1.54, 1.807) is 0 Å². The lowest BCUT2D eigenvalue weighted by atomic mass is 9.96.